The van der Waals surface area contributed by atoms with E-state index in [0.29, 0.717) is 0 Å². The van der Waals surface area contributed by atoms with Gasteiger partial charge in [-0.1, -0.05) is 0 Å². The summed E-state index contributed by atoms with van der Waals surface area (Å²) in [5.74, 6) is 0. The molecule has 0 saturated carbocycles. The average Bonchev–Trinajstić information content (AvgIpc) is 2.59. The Labute approximate surface area is 179 Å². The van der Waals surface area contributed by atoms with Crippen molar-refractivity contribution >= 4 is 56.1 Å². The zero-order chi connectivity index (χ0) is 18.5. The lowest BCUT2D eigenvalue weighted by Gasteiger charge is -2.20. The third kappa shape index (κ3) is 3.52. The molecule has 0 saturated heterocycles. The van der Waals surface area contributed by atoms with Crippen LogP contribution >= 0.6 is 45.2 Å². The van der Waals surface area contributed by atoms with Gasteiger partial charge >= 0.3 is 6.18 Å². The topological polar surface area (TPSA) is 0 Å². The summed E-state index contributed by atoms with van der Waals surface area (Å²) >= 11 is 4.61. The van der Waals surface area contributed by atoms with E-state index in [1.54, 1.807) is 12.1 Å². The molecule has 0 nitrogen and oxygen atoms in total. The van der Waals surface area contributed by atoms with Gasteiger partial charge in [-0.05, 0) is 106 Å². The molecule has 0 aromatic heterocycles. The van der Waals surface area contributed by atoms with Crippen LogP contribution in [0.3, 0.4) is 0 Å². The van der Waals surface area contributed by atoms with E-state index in [-0.39, 0.29) is 10.9 Å². The van der Waals surface area contributed by atoms with Crippen LogP contribution in [0.1, 0.15) is 16.7 Å². The SMILES string of the molecule is FC(F)(F)c1ccc([S+]2c3ccc(I)cc3Cc3cc(I)ccc32)cc1. The van der Waals surface area contributed by atoms with Crippen molar-refractivity contribution in [2.45, 2.75) is 27.3 Å². The van der Waals surface area contributed by atoms with Gasteiger partial charge in [-0.3, -0.25) is 0 Å². The van der Waals surface area contributed by atoms with Crippen molar-refractivity contribution in [3.05, 3.63) is 84.5 Å². The van der Waals surface area contributed by atoms with Crippen LogP contribution in [0.4, 0.5) is 13.2 Å². The summed E-state index contributed by atoms with van der Waals surface area (Å²) in [6.07, 6.45) is -3.45. The molecule has 3 aromatic rings. The fourth-order valence-electron chi connectivity index (χ4n) is 3.13. The summed E-state index contributed by atoms with van der Waals surface area (Å²) in [5, 5.41) is 0. The number of alkyl halides is 3. The maximum Gasteiger partial charge on any atom is 0.416 e. The highest BCUT2D eigenvalue weighted by Gasteiger charge is 2.38. The lowest BCUT2D eigenvalue weighted by molar-refractivity contribution is -0.137. The monoisotopic (exact) mass is 595 g/mol. The second kappa shape index (κ2) is 7.01. The minimum absolute atomic E-state index is 0.384. The molecule has 1 aliphatic rings. The summed E-state index contributed by atoms with van der Waals surface area (Å²) in [6, 6.07) is 18.4. The van der Waals surface area contributed by atoms with Crippen LogP contribution in [0.15, 0.2) is 75.4 Å². The molecule has 0 amide bonds. The van der Waals surface area contributed by atoms with Crippen molar-refractivity contribution in [2.24, 2.45) is 0 Å². The second-order valence-electron chi connectivity index (χ2n) is 6.01. The Kier molecular flexibility index (Phi) is 5.02. The Hall–Kier alpha value is -0.740. The minimum Gasteiger partial charge on any atom is -0.166 e. The van der Waals surface area contributed by atoms with Crippen molar-refractivity contribution in [1.82, 2.24) is 0 Å². The maximum atomic E-state index is 12.9. The number of halogens is 5. The van der Waals surface area contributed by atoms with Crippen LogP contribution in [0, 0.1) is 7.14 Å². The molecule has 6 heteroatoms. The predicted molar refractivity (Wildman–Crippen MR) is 115 cm³/mol. The molecule has 0 fully saturated rings. The normalized spacial score (nSPS) is 14.0. The third-order valence-corrected chi connectivity index (χ3v) is 8.04. The first kappa shape index (κ1) is 18.6. The van der Waals surface area contributed by atoms with Crippen LogP contribution < -0.4 is 0 Å². The standard InChI is InChI=1S/C20H12F3I2S/c21-20(22,23)14-1-5-17(6-2-14)26-18-7-3-15(24)10-12(18)9-13-11-16(25)4-8-19(13)26/h1-8,10-11H,9H2/q+1. The lowest BCUT2D eigenvalue weighted by atomic mass is 10.0. The molecule has 0 radical (unpaired) electrons. The summed E-state index contributed by atoms with van der Waals surface area (Å²) in [5.41, 5.74) is 1.91. The van der Waals surface area contributed by atoms with Gasteiger partial charge in [-0.2, -0.15) is 13.2 Å². The van der Waals surface area contributed by atoms with E-state index < -0.39 is 11.7 Å². The molecule has 0 bridgehead atoms. The number of fused-ring (bicyclic) bond motifs is 2. The summed E-state index contributed by atoms with van der Waals surface area (Å²) in [4.78, 5) is 3.33. The Bertz CT molecular complexity index is 930. The molecular weight excluding hydrogens is 583 g/mol. The molecule has 0 atom stereocenters. The van der Waals surface area contributed by atoms with Crippen molar-refractivity contribution in [3.8, 4) is 0 Å². The summed E-state index contributed by atoms with van der Waals surface area (Å²) in [7, 11) is -0.384. The van der Waals surface area contributed by atoms with Gasteiger partial charge < -0.3 is 0 Å². The van der Waals surface area contributed by atoms with Gasteiger partial charge in [0, 0.05) is 24.7 Å². The predicted octanol–water partition coefficient (Wildman–Crippen LogP) is 6.91. The van der Waals surface area contributed by atoms with Gasteiger partial charge in [0.25, 0.3) is 0 Å². The van der Waals surface area contributed by atoms with E-state index in [1.165, 1.54) is 40.2 Å². The molecule has 4 rings (SSSR count). The van der Waals surface area contributed by atoms with E-state index >= 15 is 0 Å². The van der Waals surface area contributed by atoms with Crippen LogP contribution in [0.5, 0.6) is 0 Å². The van der Waals surface area contributed by atoms with Gasteiger partial charge in [0.15, 0.2) is 14.7 Å². The molecule has 3 aromatic carbocycles. The molecular formula is C20H12F3I2S+. The molecule has 0 N–H and O–H groups in total. The van der Waals surface area contributed by atoms with E-state index in [1.807, 2.05) is 0 Å². The Morgan fingerprint density at radius 3 is 1.69 bits per heavy atom. The third-order valence-electron chi connectivity index (χ3n) is 4.28. The average molecular weight is 595 g/mol. The molecule has 0 unspecified atom stereocenters. The van der Waals surface area contributed by atoms with Gasteiger partial charge in [-0.15, -0.1) is 0 Å². The van der Waals surface area contributed by atoms with Crippen LogP contribution in [-0.2, 0) is 23.5 Å². The Balaban J connectivity index is 1.88. The molecule has 0 spiro atoms. The molecule has 1 heterocycles. The van der Waals surface area contributed by atoms with E-state index in [4.69, 9.17) is 0 Å². The van der Waals surface area contributed by atoms with E-state index in [2.05, 4.69) is 81.6 Å². The van der Waals surface area contributed by atoms with E-state index in [9.17, 15) is 13.2 Å². The van der Waals surface area contributed by atoms with Crippen molar-refractivity contribution in [1.29, 1.82) is 0 Å². The fourth-order valence-corrected chi connectivity index (χ4v) is 6.59. The number of hydrogen-bond donors (Lipinski definition) is 0. The largest absolute Gasteiger partial charge is 0.416 e. The zero-order valence-electron chi connectivity index (χ0n) is 13.3. The van der Waals surface area contributed by atoms with Gasteiger partial charge in [0.2, 0.25) is 0 Å². The number of benzene rings is 3. The van der Waals surface area contributed by atoms with Gasteiger partial charge in [0.05, 0.1) is 16.5 Å². The summed E-state index contributed by atoms with van der Waals surface area (Å²) in [6.45, 7) is 0. The number of rotatable bonds is 1. The van der Waals surface area contributed by atoms with Crippen LogP contribution in [0.2, 0.25) is 0 Å². The molecule has 26 heavy (non-hydrogen) atoms. The molecule has 0 aliphatic carbocycles. The minimum atomic E-state index is -4.31. The van der Waals surface area contributed by atoms with Crippen molar-refractivity contribution < 1.29 is 13.2 Å². The summed E-state index contributed by atoms with van der Waals surface area (Å²) < 4.78 is 41.1. The zero-order valence-corrected chi connectivity index (χ0v) is 18.4. The van der Waals surface area contributed by atoms with Crippen molar-refractivity contribution in [3.63, 3.8) is 0 Å². The number of hydrogen-bond acceptors (Lipinski definition) is 0. The first-order valence-corrected chi connectivity index (χ1v) is 11.2. The Morgan fingerprint density at radius 1 is 0.731 bits per heavy atom. The highest BCUT2D eigenvalue weighted by Crippen LogP contribution is 2.42. The smallest absolute Gasteiger partial charge is 0.166 e. The Morgan fingerprint density at radius 2 is 1.23 bits per heavy atom. The first-order chi connectivity index (χ1) is 12.3. The van der Waals surface area contributed by atoms with Crippen molar-refractivity contribution in [2.75, 3.05) is 0 Å². The highest BCUT2D eigenvalue weighted by atomic mass is 127. The quantitative estimate of drug-likeness (QED) is 0.166. The van der Waals surface area contributed by atoms with Gasteiger partial charge in [0.1, 0.15) is 0 Å². The van der Waals surface area contributed by atoms with Crippen LogP contribution in [0.25, 0.3) is 0 Å². The maximum absolute atomic E-state index is 12.9. The van der Waals surface area contributed by atoms with Crippen LogP contribution in [-0.4, -0.2) is 0 Å². The second-order valence-corrected chi connectivity index (χ2v) is 10.5. The van der Waals surface area contributed by atoms with E-state index in [0.717, 1.165) is 11.3 Å². The molecule has 132 valence electrons. The lowest BCUT2D eigenvalue weighted by Crippen LogP contribution is -2.16. The molecule has 1 aliphatic heterocycles. The highest BCUT2D eigenvalue weighted by molar-refractivity contribution is 14.1. The fraction of sp³-hybridized carbons (Fsp3) is 0.100. The first-order valence-electron chi connectivity index (χ1n) is 7.81. The van der Waals surface area contributed by atoms with Gasteiger partial charge in [-0.25, -0.2) is 0 Å².